The van der Waals surface area contributed by atoms with Gasteiger partial charge in [0.05, 0.1) is 23.0 Å². The maximum Gasteiger partial charge on any atom is 0.343 e. The second kappa shape index (κ2) is 9.61. The number of imide groups is 1. The van der Waals surface area contributed by atoms with Crippen molar-refractivity contribution < 1.29 is 24.0 Å². The molecule has 2 amide bonds. The molecule has 2 aliphatic rings. The summed E-state index contributed by atoms with van der Waals surface area (Å²) in [5.41, 5.74) is 3.49. The molecule has 0 unspecified atom stereocenters. The van der Waals surface area contributed by atoms with Gasteiger partial charge in [-0.05, 0) is 61.0 Å². The Morgan fingerprint density at radius 3 is 2.03 bits per heavy atom. The van der Waals surface area contributed by atoms with Crippen LogP contribution < -0.4 is 14.7 Å². The number of rotatable bonds is 5. The lowest BCUT2D eigenvalue weighted by Crippen LogP contribution is -2.37. The summed E-state index contributed by atoms with van der Waals surface area (Å²) in [5, 5.41) is 1.64. The summed E-state index contributed by atoms with van der Waals surface area (Å²) in [7, 11) is 0. The minimum atomic E-state index is -0.954. The number of hydrogen-bond acceptors (Lipinski definition) is 6. The van der Waals surface area contributed by atoms with Crippen LogP contribution in [0.3, 0.4) is 0 Å². The summed E-state index contributed by atoms with van der Waals surface area (Å²) in [6.07, 6.45) is -0.954. The molecule has 7 nitrogen and oxygen atoms in total. The molecule has 4 aromatic rings. The highest BCUT2D eigenvalue weighted by atomic mass is 16.7. The average molecular weight is 505 g/mol. The number of carbonyl (C=O) groups is 3. The van der Waals surface area contributed by atoms with Gasteiger partial charge in [0.15, 0.2) is 6.10 Å². The molecule has 0 N–H and O–H groups in total. The second-order valence-electron chi connectivity index (χ2n) is 9.33. The van der Waals surface area contributed by atoms with Crippen molar-refractivity contribution in [3.05, 3.63) is 126 Å². The Morgan fingerprint density at radius 1 is 0.737 bits per heavy atom. The first-order valence-corrected chi connectivity index (χ1v) is 12.3. The van der Waals surface area contributed by atoms with E-state index in [2.05, 4.69) is 0 Å². The Labute approximate surface area is 219 Å². The van der Waals surface area contributed by atoms with E-state index in [1.807, 2.05) is 55.5 Å². The first kappa shape index (κ1) is 23.6. The maximum atomic E-state index is 13.7. The minimum absolute atomic E-state index is 0.313. The Balaban J connectivity index is 1.32. The zero-order chi connectivity index (χ0) is 26.2. The molecule has 4 aromatic carbocycles. The molecule has 38 heavy (non-hydrogen) atoms. The number of hydrogen-bond donors (Lipinski definition) is 0. The Bertz CT molecular complexity index is 1490. The fourth-order valence-corrected chi connectivity index (χ4v) is 4.97. The third kappa shape index (κ3) is 4.13. The summed E-state index contributed by atoms with van der Waals surface area (Å²) in [4.78, 5) is 47.1. The average Bonchev–Trinajstić information content (AvgIpc) is 3.46. The van der Waals surface area contributed by atoms with Crippen molar-refractivity contribution in [2.75, 3.05) is 9.96 Å². The molecule has 188 valence electrons. The highest BCUT2D eigenvalue weighted by molar-refractivity contribution is 6.23. The summed E-state index contributed by atoms with van der Waals surface area (Å²) >= 11 is 0. The number of benzene rings is 4. The molecule has 0 saturated carbocycles. The van der Waals surface area contributed by atoms with Crippen LogP contribution in [0.15, 0.2) is 109 Å². The van der Waals surface area contributed by atoms with Crippen molar-refractivity contribution in [2.24, 2.45) is 5.92 Å². The number of aryl methyl sites for hydroxylation is 1. The maximum absolute atomic E-state index is 13.7. The Kier molecular flexibility index (Phi) is 5.98. The van der Waals surface area contributed by atoms with Gasteiger partial charge >= 0.3 is 5.97 Å². The zero-order valence-corrected chi connectivity index (χ0v) is 20.6. The quantitative estimate of drug-likeness (QED) is 0.210. The lowest BCUT2D eigenvalue weighted by Gasteiger charge is -2.28. The van der Waals surface area contributed by atoms with Gasteiger partial charge < -0.3 is 4.74 Å². The molecule has 2 aliphatic heterocycles. The first-order chi connectivity index (χ1) is 18.5. The van der Waals surface area contributed by atoms with E-state index in [1.54, 1.807) is 65.7 Å². The molecule has 2 heterocycles. The van der Waals surface area contributed by atoms with E-state index in [-0.39, 0.29) is 11.8 Å². The first-order valence-electron chi connectivity index (χ1n) is 12.3. The van der Waals surface area contributed by atoms with Crippen LogP contribution in [0.25, 0.3) is 0 Å². The van der Waals surface area contributed by atoms with Crippen LogP contribution in [0.5, 0.6) is 5.75 Å². The van der Waals surface area contributed by atoms with Crippen molar-refractivity contribution in [1.82, 2.24) is 0 Å². The monoisotopic (exact) mass is 504 g/mol. The molecular formula is C31H24N2O5. The SMILES string of the molecule is Cc1ccc(N2C(=O)[C@H]3[C@H](ON(c4ccccc4)[C@H]3c3ccc(OC(=O)c4ccccc4)cc3)C2=O)cc1. The predicted octanol–water partition coefficient (Wildman–Crippen LogP) is 5.27. The fraction of sp³-hybridized carbons (Fsp3) is 0.129. The van der Waals surface area contributed by atoms with Gasteiger partial charge in [0.25, 0.3) is 5.91 Å². The lowest BCUT2D eigenvalue weighted by molar-refractivity contribution is -0.126. The number of anilines is 2. The highest BCUT2D eigenvalue weighted by Gasteiger charge is 2.60. The van der Waals surface area contributed by atoms with E-state index < -0.39 is 24.0 Å². The molecule has 2 fully saturated rings. The second-order valence-corrected chi connectivity index (χ2v) is 9.33. The van der Waals surface area contributed by atoms with E-state index in [0.29, 0.717) is 17.0 Å². The Hall–Kier alpha value is -4.75. The van der Waals surface area contributed by atoms with Crippen LogP contribution in [0.1, 0.15) is 27.5 Å². The molecule has 0 aromatic heterocycles. The zero-order valence-electron chi connectivity index (χ0n) is 20.6. The number of para-hydroxylation sites is 1. The van der Waals surface area contributed by atoms with Crippen LogP contribution in [0, 0.1) is 12.8 Å². The van der Waals surface area contributed by atoms with Crippen LogP contribution >= 0.6 is 0 Å². The molecule has 0 aliphatic carbocycles. The number of carbonyl (C=O) groups excluding carboxylic acids is 3. The number of hydroxylamine groups is 1. The van der Waals surface area contributed by atoms with Crippen molar-refractivity contribution in [1.29, 1.82) is 0 Å². The van der Waals surface area contributed by atoms with Crippen LogP contribution in [0.4, 0.5) is 11.4 Å². The van der Waals surface area contributed by atoms with Gasteiger partial charge in [-0.3, -0.25) is 14.4 Å². The van der Waals surface area contributed by atoms with Crippen molar-refractivity contribution in [2.45, 2.75) is 19.1 Å². The highest BCUT2D eigenvalue weighted by Crippen LogP contribution is 2.47. The van der Waals surface area contributed by atoms with Gasteiger partial charge in [-0.25, -0.2) is 14.8 Å². The van der Waals surface area contributed by atoms with Crippen molar-refractivity contribution >= 4 is 29.2 Å². The predicted molar refractivity (Wildman–Crippen MR) is 142 cm³/mol. The van der Waals surface area contributed by atoms with Gasteiger partial charge in [0.2, 0.25) is 5.91 Å². The van der Waals surface area contributed by atoms with E-state index in [1.165, 1.54) is 4.90 Å². The smallest absolute Gasteiger partial charge is 0.343 e. The number of fused-ring (bicyclic) bond motifs is 1. The molecule has 3 atom stereocenters. The molecular weight excluding hydrogens is 480 g/mol. The number of nitrogens with zero attached hydrogens (tertiary/aromatic N) is 2. The van der Waals surface area contributed by atoms with Crippen LogP contribution in [-0.2, 0) is 14.4 Å². The van der Waals surface area contributed by atoms with Crippen molar-refractivity contribution in [3.63, 3.8) is 0 Å². The third-order valence-electron chi connectivity index (χ3n) is 6.86. The topological polar surface area (TPSA) is 76.2 Å². The van der Waals surface area contributed by atoms with E-state index in [0.717, 1.165) is 16.8 Å². The van der Waals surface area contributed by atoms with Crippen LogP contribution in [-0.4, -0.2) is 23.9 Å². The van der Waals surface area contributed by atoms with E-state index >= 15 is 0 Å². The molecule has 0 spiro atoms. The summed E-state index contributed by atoms with van der Waals surface area (Å²) < 4.78 is 5.53. The molecule has 2 saturated heterocycles. The summed E-state index contributed by atoms with van der Waals surface area (Å²) in [6.45, 7) is 1.95. The number of ether oxygens (including phenoxy) is 1. The van der Waals surface area contributed by atoms with Crippen molar-refractivity contribution in [3.8, 4) is 5.75 Å². The van der Waals surface area contributed by atoms with E-state index in [4.69, 9.17) is 9.57 Å². The molecule has 0 radical (unpaired) electrons. The van der Waals surface area contributed by atoms with Gasteiger partial charge in [-0.1, -0.05) is 66.2 Å². The number of amides is 2. The lowest BCUT2D eigenvalue weighted by atomic mass is 9.90. The van der Waals surface area contributed by atoms with E-state index in [9.17, 15) is 14.4 Å². The summed E-state index contributed by atoms with van der Waals surface area (Å²) in [6, 6.07) is 31.8. The third-order valence-corrected chi connectivity index (χ3v) is 6.86. The normalized spacial score (nSPS) is 20.5. The standard InChI is InChI=1S/C31H24N2O5/c1-20-12-16-23(17-13-20)32-29(34)26-27(33(38-28(26)30(32)35)24-10-6-3-7-11-24)21-14-18-25(19-15-21)37-31(36)22-8-4-2-5-9-22/h2-19,26-28H,1H3/t26-,27+,28+/m1/s1. The molecule has 7 heteroatoms. The molecule has 0 bridgehead atoms. The minimum Gasteiger partial charge on any atom is -0.423 e. The van der Waals surface area contributed by atoms with Gasteiger partial charge in [0, 0.05) is 0 Å². The largest absolute Gasteiger partial charge is 0.423 e. The van der Waals surface area contributed by atoms with Gasteiger partial charge in [-0.2, -0.15) is 0 Å². The fourth-order valence-electron chi connectivity index (χ4n) is 4.97. The summed E-state index contributed by atoms with van der Waals surface area (Å²) in [5.74, 6) is -1.53. The van der Waals surface area contributed by atoms with Gasteiger partial charge in [-0.15, -0.1) is 0 Å². The Morgan fingerprint density at radius 2 is 1.37 bits per heavy atom. The van der Waals surface area contributed by atoms with Gasteiger partial charge in [0.1, 0.15) is 11.7 Å². The van der Waals surface area contributed by atoms with Crippen LogP contribution in [0.2, 0.25) is 0 Å². The molecule has 6 rings (SSSR count). The number of esters is 1.